The molecule has 7 heteroatoms. The molecular formula is C19H23ClN4OS. The molecule has 2 aromatic rings. The van der Waals surface area contributed by atoms with Crippen molar-refractivity contribution in [3.8, 4) is 0 Å². The van der Waals surface area contributed by atoms with Crippen LogP contribution in [0, 0.1) is 27.7 Å². The number of hydrogen-bond donors (Lipinski definition) is 4. The lowest BCUT2D eigenvalue weighted by Gasteiger charge is -2.16. The molecule has 0 aliphatic carbocycles. The highest BCUT2D eigenvalue weighted by atomic mass is 35.5. The van der Waals surface area contributed by atoms with Crippen LogP contribution in [0.3, 0.4) is 0 Å². The van der Waals surface area contributed by atoms with Gasteiger partial charge in [0.25, 0.3) is 5.91 Å². The van der Waals surface area contributed by atoms with Crippen LogP contribution in [0.2, 0.25) is 5.02 Å². The van der Waals surface area contributed by atoms with Gasteiger partial charge in [0.05, 0.1) is 6.54 Å². The predicted molar refractivity (Wildman–Crippen MR) is 113 cm³/mol. The number of aryl methyl sites for hydroxylation is 3. The molecule has 0 aromatic heterocycles. The summed E-state index contributed by atoms with van der Waals surface area (Å²) in [6.07, 6.45) is 0. The minimum atomic E-state index is -0.226. The number of nitrogens with one attached hydrogen (secondary N) is 4. The summed E-state index contributed by atoms with van der Waals surface area (Å²) in [4.78, 5) is 12.0. The Morgan fingerprint density at radius 1 is 1.08 bits per heavy atom. The molecule has 0 saturated heterocycles. The van der Waals surface area contributed by atoms with Crippen LogP contribution in [0.5, 0.6) is 0 Å². The van der Waals surface area contributed by atoms with Crippen LogP contribution in [0.1, 0.15) is 22.3 Å². The first kappa shape index (κ1) is 20.0. The molecule has 0 spiro atoms. The maximum Gasteiger partial charge on any atom is 0.257 e. The Morgan fingerprint density at radius 2 is 1.73 bits per heavy atom. The van der Waals surface area contributed by atoms with Crippen LogP contribution >= 0.6 is 23.8 Å². The average molecular weight is 391 g/mol. The van der Waals surface area contributed by atoms with E-state index in [0.29, 0.717) is 5.02 Å². The first-order valence-corrected chi connectivity index (χ1v) is 8.99. The predicted octanol–water partition coefficient (Wildman–Crippen LogP) is 4.00. The van der Waals surface area contributed by atoms with Crippen molar-refractivity contribution in [2.24, 2.45) is 0 Å². The molecule has 4 N–H and O–H groups in total. The second-order valence-electron chi connectivity index (χ2n) is 6.17. The van der Waals surface area contributed by atoms with Crippen LogP contribution in [0.25, 0.3) is 0 Å². The third kappa shape index (κ3) is 5.34. The number of halogens is 1. The lowest BCUT2D eigenvalue weighted by Crippen LogP contribution is -2.46. The topological polar surface area (TPSA) is 65.2 Å². The molecule has 0 bridgehead atoms. The Labute approximate surface area is 164 Å². The van der Waals surface area contributed by atoms with E-state index in [0.717, 1.165) is 28.1 Å². The minimum absolute atomic E-state index is 0.135. The van der Waals surface area contributed by atoms with Crippen molar-refractivity contribution in [2.45, 2.75) is 27.7 Å². The summed E-state index contributed by atoms with van der Waals surface area (Å²) < 4.78 is 0. The van der Waals surface area contributed by atoms with Gasteiger partial charge < -0.3 is 10.6 Å². The number of benzene rings is 2. The Kier molecular flexibility index (Phi) is 6.83. The summed E-state index contributed by atoms with van der Waals surface area (Å²) in [5.74, 6) is -0.226. The van der Waals surface area contributed by atoms with Gasteiger partial charge in [-0.25, -0.2) is 0 Å². The van der Waals surface area contributed by atoms with Crippen LogP contribution in [0.15, 0.2) is 30.3 Å². The third-order valence-corrected chi connectivity index (χ3v) is 4.55. The van der Waals surface area contributed by atoms with Crippen molar-refractivity contribution in [1.29, 1.82) is 0 Å². The Bertz CT molecular complexity index is 815. The smallest absolute Gasteiger partial charge is 0.257 e. The minimum Gasteiger partial charge on any atom is -0.376 e. The lowest BCUT2D eigenvalue weighted by molar-refractivity contribution is -0.119. The largest absolute Gasteiger partial charge is 0.376 e. The van der Waals surface area contributed by atoms with E-state index in [-0.39, 0.29) is 17.6 Å². The van der Waals surface area contributed by atoms with Gasteiger partial charge in [0, 0.05) is 16.4 Å². The number of hydrazine groups is 1. The fraction of sp³-hybridized carbons (Fsp3) is 0.263. The molecule has 0 radical (unpaired) electrons. The molecule has 0 unspecified atom stereocenters. The first-order valence-electron chi connectivity index (χ1n) is 8.20. The van der Waals surface area contributed by atoms with Gasteiger partial charge in [0.2, 0.25) is 0 Å². The number of anilines is 2. The molecule has 0 aliphatic rings. The lowest BCUT2D eigenvalue weighted by atomic mass is 10.1. The van der Waals surface area contributed by atoms with Gasteiger partial charge in [-0.3, -0.25) is 15.6 Å². The van der Waals surface area contributed by atoms with Crippen molar-refractivity contribution >= 4 is 46.2 Å². The van der Waals surface area contributed by atoms with Crippen molar-refractivity contribution < 1.29 is 4.79 Å². The van der Waals surface area contributed by atoms with E-state index in [2.05, 4.69) is 40.5 Å². The van der Waals surface area contributed by atoms with Crippen LogP contribution in [0.4, 0.5) is 11.4 Å². The summed E-state index contributed by atoms with van der Waals surface area (Å²) in [7, 11) is 0. The maximum absolute atomic E-state index is 12.0. The number of rotatable bonds is 4. The van der Waals surface area contributed by atoms with Crippen LogP contribution in [-0.4, -0.2) is 17.6 Å². The number of thiocarbonyl (C=S) groups is 1. The van der Waals surface area contributed by atoms with Crippen LogP contribution in [-0.2, 0) is 4.79 Å². The second kappa shape index (κ2) is 8.87. The van der Waals surface area contributed by atoms with E-state index >= 15 is 0 Å². The molecule has 5 nitrogen and oxygen atoms in total. The molecule has 26 heavy (non-hydrogen) atoms. The molecule has 138 valence electrons. The van der Waals surface area contributed by atoms with E-state index in [1.165, 1.54) is 5.56 Å². The van der Waals surface area contributed by atoms with Crippen molar-refractivity contribution in [1.82, 2.24) is 10.9 Å². The fourth-order valence-corrected chi connectivity index (χ4v) is 3.03. The van der Waals surface area contributed by atoms with Crippen molar-refractivity contribution in [3.05, 3.63) is 57.6 Å². The highest BCUT2D eigenvalue weighted by Gasteiger charge is 2.08. The number of hydrogen-bond acceptors (Lipinski definition) is 3. The monoisotopic (exact) mass is 390 g/mol. The number of carbonyl (C=O) groups excluding carboxylic acids is 1. The zero-order valence-corrected chi connectivity index (χ0v) is 16.9. The highest BCUT2D eigenvalue weighted by molar-refractivity contribution is 7.80. The SMILES string of the molecule is Cc1cc(C)c(NCC(=O)NNC(=S)Nc2cccc(Cl)c2C)c(C)c1. The molecule has 0 fully saturated rings. The summed E-state index contributed by atoms with van der Waals surface area (Å²) in [5, 5.41) is 7.10. The van der Waals surface area contributed by atoms with E-state index in [1.54, 1.807) is 6.07 Å². The Balaban J connectivity index is 1.83. The molecule has 0 atom stereocenters. The highest BCUT2D eigenvalue weighted by Crippen LogP contribution is 2.23. The zero-order valence-electron chi connectivity index (χ0n) is 15.3. The standard InChI is InChI=1S/C19H23ClN4OS/c1-11-8-12(2)18(13(3)9-11)21-10-17(25)23-24-19(26)22-16-7-5-6-15(20)14(16)4/h5-9,21H,10H2,1-4H3,(H,23,25)(H2,22,24,26). The van der Waals surface area contributed by atoms with Gasteiger partial charge in [0.1, 0.15) is 0 Å². The summed E-state index contributed by atoms with van der Waals surface area (Å²) in [6.45, 7) is 8.12. The summed E-state index contributed by atoms with van der Waals surface area (Å²) >= 11 is 11.3. The molecule has 2 aromatic carbocycles. The molecule has 1 amide bonds. The second-order valence-corrected chi connectivity index (χ2v) is 6.98. The fourth-order valence-electron chi connectivity index (χ4n) is 2.69. The average Bonchev–Trinajstić information content (AvgIpc) is 2.56. The van der Waals surface area contributed by atoms with Gasteiger partial charge >= 0.3 is 0 Å². The zero-order chi connectivity index (χ0) is 19.3. The van der Waals surface area contributed by atoms with Crippen LogP contribution < -0.4 is 21.5 Å². The van der Waals surface area contributed by atoms with Gasteiger partial charge in [-0.05, 0) is 68.7 Å². The Hall–Kier alpha value is -2.31. The third-order valence-electron chi connectivity index (χ3n) is 3.93. The molecule has 0 saturated carbocycles. The van der Waals surface area contributed by atoms with E-state index in [4.69, 9.17) is 23.8 Å². The molecule has 0 aliphatic heterocycles. The van der Waals surface area contributed by atoms with Gasteiger partial charge in [-0.2, -0.15) is 0 Å². The first-order chi connectivity index (χ1) is 12.3. The van der Waals surface area contributed by atoms with E-state index in [9.17, 15) is 4.79 Å². The molecule has 0 heterocycles. The normalized spacial score (nSPS) is 10.2. The maximum atomic E-state index is 12.0. The summed E-state index contributed by atoms with van der Waals surface area (Å²) in [6, 6.07) is 9.66. The van der Waals surface area contributed by atoms with Gasteiger partial charge in [-0.15, -0.1) is 0 Å². The van der Waals surface area contributed by atoms with E-state index < -0.39 is 0 Å². The van der Waals surface area contributed by atoms with Crippen molar-refractivity contribution in [3.63, 3.8) is 0 Å². The molecule has 2 rings (SSSR count). The van der Waals surface area contributed by atoms with Crippen molar-refractivity contribution in [2.75, 3.05) is 17.2 Å². The molecular weight excluding hydrogens is 368 g/mol. The van der Waals surface area contributed by atoms with Gasteiger partial charge in [0.15, 0.2) is 5.11 Å². The van der Waals surface area contributed by atoms with Gasteiger partial charge in [-0.1, -0.05) is 35.4 Å². The Morgan fingerprint density at radius 3 is 2.38 bits per heavy atom. The quantitative estimate of drug-likeness (QED) is 0.469. The number of amides is 1. The summed E-state index contributed by atoms with van der Waals surface area (Å²) in [5.41, 5.74) is 11.3. The van der Waals surface area contributed by atoms with E-state index in [1.807, 2.05) is 32.9 Å². The number of carbonyl (C=O) groups is 1.